The third kappa shape index (κ3) is 4.59. The number of rotatable bonds is 5. The van der Waals surface area contributed by atoms with Gasteiger partial charge in [-0.05, 0) is 28.8 Å². The highest BCUT2D eigenvalue weighted by Crippen LogP contribution is 2.14. The first kappa shape index (κ1) is 15.6. The molecule has 0 fully saturated rings. The number of benzene rings is 2. The van der Waals surface area contributed by atoms with Gasteiger partial charge in [0, 0.05) is 5.88 Å². The van der Waals surface area contributed by atoms with E-state index in [9.17, 15) is 8.42 Å². The van der Waals surface area contributed by atoms with Crippen molar-refractivity contribution < 1.29 is 8.42 Å². The second-order valence-electron chi connectivity index (χ2n) is 4.79. The molecule has 0 aliphatic carbocycles. The predicted molar refractivity (Wildman–Crippen MR) is 83.5 cm³/mol. The maximum Gasteiger partial charge on any atom is 0.158 e. The molecule has 0 N–H and O–H groups in total. The highest BCUT2D eigenvalue weighted by molar-refractivity contribution is 7.89. The molecular formula is C16H14ClNO2S. The molecule has 0 aliphatic rings. The Kier molecular flexibility index (Phi) is 5.00. The zero-order valence-electron chi connectivity index (χ0n) is 11.3. The number of nitrogens with zero attached hydrogens (tertiary/aromatic N) is 1. The third-order valence-corrected chi connectivity index (χ3v) is 4.89. The predicted octanol–water partition coefficient (Wildman–Crippen LogP) is 3.41. The standard InChI is InChI=1S/C16H14ClNO2S/c17-9-13-1-5-15(6-2-13)11-21(19,20)12-16-7-3-14(10-18)4-8-16/h1-8H,9,11-12H2. The summed E-state index contributed by atoms with van der Waals surface area (Å²) in [5.74, 6) is 0.379. The monoisotopic (exact) mass is 319 g/mol. The van der Waals surface area contributed by atoms with E-state index in [1.807, 2.05) is 18.2 Å². The number of hydrogen-bond donors (Lipinski definition) is 0. The molecule has 2 aromatic carbocycles. The van der Waals surface area contributed by atoms with Crippen LogP contribution < -0.4 is 0 Å². The first-order valence-corrected chi connectivity index (χ1v) is 8.71. The van der Waals surface area contributed by atoms with Crippen molar-refractivity contribution in [1.29, 1.82) is 5.26 Å². The minimum Gasteiger partial charge on any atom is -0.228 e. The van der Waals surface area contributed by atoms with Gasteiger partial charge in [0.1, 0.15) is 0 Å². The Labute approximate surface area is 129 Å². The molecule has 0 unspecified atom stereocenters. The van der Waals surface area contributed by atoms with E-state index < -0.39 is 9.84 Å². The van der Waals surface area contributed by atoms with Crippen LogP contribution >= 0.6 is 11.6 Å². The van der Waals surface area contributed by atoms with Gasteiger partial charge in [0.05, 0.1) is 23.1 Å². The Hall–Kier alpha value is -1.83. The summed E-state index contributed by atoms with van der Waals surface area (Å²) < 4.78 is 24.4. The molecule has 0 radical (unpaired) electrons. The summed E-state index contributed by atoms with van der Waals surface area (Å²) in [6, 6.07) is 15.8. The average molecular weight is 320 g/mol. The van der Waals surface area contributed by atoms with Gasteiger partial charge in [-0.1, -0.05) is 36.4 Å². The van der Waals surface area contributed by atoms with Gasteiger partial charge in [-0.15, -0.1) is 11.6 Å². The fourth-order valence-electron chi connectivity index (χ4n) is 1.96. The molecular weight excluding hydrogens is 306 g/mol. The molecule has 0 spiro atoms. The smallest absolute Gasteiger partial charge is 0.158 e. The van der Waals surface area contributed by atoms with E-state index in [1.54, 1.807) is 36.4 Å². The van der Waals surface area contributed by atoms with Crippen LogP contribution in [0.25, 0.3) is 0 Å². The SMILES string of the molecule is N#Cc1ccc(CS(=O)(=O)Cc2ccc(CCl)cc2)cc1. The molecule has 5 heteroatoms. The van der Waals surface area contributed by atoms with Gasteiger partial charge in [0.25, 0.3) is 0 Å². The van der Waals surface area contributed by atoms with Crippen molar-refractivity contribution in [3.63, 3.8) is 0 Å². The quantitative estimate of drug-likeness (QED) is 0.793. The Bertz CT molecular complexity index is 744. The highest BCUT2D eigenvalue weighted by Gasteiger charge is 2.13. The zero-order chi connectivity index (χ0) is 15.3. The van der Waals surface area contributed by atoms with E-state index in [4.69, 9.17) is 16.9 Å². The largest absolute Gasteiger partial charge is 0.228 e. The van der Waals surface area contributed by atoms with Crippen molar-refractivity contribution in [1.82, 2.24) is 0 Å². The minimum atomic E-state index is -3.24. The summed E-state index contributed by atoms with van der Waals surface area (Å²) in [6.07, 6.45) is 0. The molecule has 21 heavy (non-hydrogen) atoms. The summed E-state index contributed by atoms with van der Waals surface area (Å²) in [6.45, 7) is 0. The first-order chi connectivity index (χ1) is 10.0. The lowest BCUT2D eigenvalue weighted by atomic mass is 10.2. The topological polar surface area (TPSA) is 57.9 Å². The van der Waals surface area contributed by atoms with Gasteiger partial charge in [0.2, 0.25) is 0 Å². The second-order valence-corrected chi connectivity index (χ2v) is 7.12. The molecule has 0 aliphatic heterocycles. The van der Waals surface area contributed by atoms with Gasteiger partial charge in [-0.25, -0.2) is 8.42 Å². The summed E-state index contributed by atoms with van der Waals surface area (Å²) in [7, 11) is -3.24. The lowest BCUT2D eigenvalue weighted by Gasteiger charge is -2.06. The van der Waals surface area contributed by atoms with Gasteiger partial charge in [-0.2, -0.15) is 5.26 Å². The van der Waals surface area contributed by atoms with Crippen molar-refractivity contribution in [3.8, 4) is 6.07 Å². The van der Waals surface area contributed by atoms with Gasteiger partial charge in [-0.3, -0.25) is 0 Å². The number of hydrogen-bond acceptors (Lipinski definition) is 3. The summed E-state index contributed by atoms with van der Waals surface area (Å²) in [4.78, 5) is 0. The summed E-state index contributed by atoms with van der Waals surface area (Å²) >= 11 is 5.70. The minimum absolute atomic E-state index is 0.00440. The summed E-state index contributed by atoms with van der Waals surface area (Å²) in [5, 5.41) is 8.72. The molecule has 0 saturated carbocycles. The Morgan fingerprint density at radius 3 is 1.71 bits per heavy atom. The van der Waals surface area contributed by atoms with E-state index in [0.29, 0.717) is 17.0 Å². The van der Waals surface area contributed by atoms with Crippen LogP contribution in [0.2, 0.25) is 0 Å². The molecule has 0 aromatic heterocycles. The van der Waals surface area contributed by atoms with Gasteiger partial charge >= 0.3 is 0 Å². The van der Waals surface area contributed by atoms with E-state index in [1.165, 1.54) is 0 Å². The van der Waals surface area contributed by atoms with Gasteiger partial charge in [0.15, 0.2) is 9.84 Å². The highest BCUT2D eigenvalue weighted by atomic mass is 35.5. The number of halogens is 1. The Morgan fingerprint density at radius 2 is 1.29 bits per heavy atom. The maximum absolute atomic E-state index is 12.2. The van der Waals surface area contributed by atoms with Crippen LogP contribution in [0.5, 0.6) is 0 Å². The van der Waals surface area contributed by atoms with Crippen LogP contribution in [0, 0.1) is 11.3 Å². The van der Waals surface area contributed by atoms with Gasteiger partial charge < -0.3 is 0 Å². The van der Waals surface area contributed by atoms with Crippen molar-refractivity contribution in [2.24, 2.45) is 0 Å². The fraction of sp³-hybridized carbons (Fsp3) is 0.188. The van der Waals surface area contributed by atoms with Crippen molar-refractivity contribution >= 4 is 21.4 Å². The molecule has 2 rings (SSSR count). The zero-order valence-corrected chi connectivity index (χ0v) is 12.9. The maximum atomic E-state index is 12.2. The number of nitriles is 1. The normalized spacial score (nSPS) is 11.0. The first-order valence-electron chi connectivity index (χ1n) is 6.35. The molecule has 108 valence electrons. The summed E-state index contributed by atoms with van der Waals surface area (Å²) in [5.41, 5.74) is 2.92. The Morgan fingerprint density at radius 1 is 0.857 bits per heavy atom. The molecule has 0 heterocycles. The van der Waals surface area contributed by atoms with Crippen LogP contribution in [0.3, 0.4) is 0 Å². The molecule has 3 nitrogen and oxygen atoms in total. The van der Waals surface area contributed by atoms with E-state index in [0.717, 1.165) is 11.1 Å². The average Bonchev–Trinajstić information content (AvgIpc) is 2.48. The van der Waals surface area contributed by atoms with Crippen LogP contribution in [-0.2, 0) is 27.2 Å². The van der Waals surface area contributed by atoms with Crippen molar-refractivity contribution in [2.45, 2.75) is 17.4 Å². The molecule has 2 aromatic rings. The van der Waals surface area contributed by atoms with E-state index >= 15 is 0 Å². The van der Waals surface area contributed by atoms with E-state index in [2.05, 4.69) is 0 Å². The molecule has 0 amide bonds. The molecule has 0 atom stereocenters. The lowest BCUT2D eigenvalue weighted by Crippen LogP contribution is -2.07. The van der Waals surface area contributed by atoms with Crippen LogP contribution in [0.1, 0.15) is 22.3 Å². The molecule has 0 saturated heterocycles. The number of sulfone groups is 1. The third-order valence-electron chi connectivity index (χ3n) is 3.03. The van der Waals surface area contributed by atoms with Crippen LogP contribution in [0.15, 0.2) is 48.5 Å². The number of alkyl halides is 1. The Balaban J connectivity index is 2.08. The van der Waals surface area contributed by atoms with Crippen molar-refractivity contribution in [2.75, 3.05) is 0 Å². The fourth-order valence-corrected chi connectivity index (χ4v) is 3.64. The van der Waals surface area contributed by atoms with Crippen LogP contribution in [0.4, 0.5) is 0 Å². The molecule has 0 bridgehead atoms. The van der Waals surface area contributed by atoms with Crippen LogP contribution in [-0.4, -0.2) is 8.42 Å². The lowest BCUT2D eigenvalue weighted by molar-refractivity contribution is 0.594. The van der Waals surface area contributed by atoms with Crippen molar-refractivity contribution in [3.05, 3.63) is 70.8 Å². The van der Waals surface area contributed by atoms with E-state index in [-0.39, 0.29) is 11.5 Å². The second kappa shape index (κ2) is 6.75.